The van der Waals surface area contributed by atoms with Crippen LogP contribution in [0.15, 0.2) is 35.1 Å². The van der Waals surface area contributed by atoms with Crippen LogP contribution in [0, 0.1) is 0 Å². The van der Waals surface area contributed by atoms with Crippen LogP contribution in [0.25, 0.3) is 0 Å². The summed E-state index contributed by atoms with van der Waals surface area (Å²) >= 11 is 6.44. The Morgan fingerprint density at radius 1 is 1.21 bits per heavy atom. The summed E-state index contributed by atoms with van der Waals surface area (Å²) in [6.45, 7) is 0.634. The van der Waals surface area contributed by atoms with Crippen LogP contribution in [-0.4, -0.2) is 22.2 Å². The monoisotopic (exact) mass is 343 g/mol. The number of benzene rings is 1. The molecule has 24 heavy (non-hydrogen) atoms. The van der Waals surface area contributed by atoms with Crippen molar-refractivity contribution in [3.8, 4) is 0 Å². The molecule has 1 aliphatic carbocycles. The van der Waals surface area contributed by atoms with E-state index in [0.717, 1.165) is 18.5 Å². The zero-order chi connectivity index (χ0) is 16.9. The first-order valence-electron chi connectivity index (χ1n) is 8.17. The average molecular weight is 344 g/mol. The van der Waals surface area contributed by atoms with Crippen LogP contribution in [0.3, 0.4) is 0 Å². The van der Waals surface area contributed by atoms with Crippen molar-refractivity contribution in [2.75, 3.05) is 11.4 Å². The predicted octanol–water partition coefficient (Wildman–Crippen LogP) is 2.91. The maximum Gasteiger partial charge on any atom is 0.278 e. The third-order valence-electron chi connectivity index (χ3n) is 5.27. The molecule has 0 saturated heterocycles. The first-order valence-corrected chi connectivity index (χ1v) is 8.55. The normalized spacial score (nSPS) is 18.2. The zero-order valence-electron chi connectivity index (χ0n) is 13.5. The standard InChI is InChI=1S/C18H18ClN3O2/c1-21-15(23)8-7-14(20-21)17(24)22-11-18(9-2-3-10-18)12-5-4-6-13(19)16(12)22/h4-8H,2-3,9-11H2,1H3. The van der Waals surface area contributed by atoms with Gasteiger partial charge in [-0.15, -0.1) is 0 Å². The Labute approximate surface area is 144 Å². The van der Waals surface area contributed by atoms with Gasteiger partial charge >= 0.3 is 0 Å². The molecule has 1 spiro atoms. The fourth-order valence-corrected chi connectivity index (χ4v) is 4.37. The Hall–Kier alpha value is -2.14. The van der Waals surface area contributed by atoms with Gasteiger partial charge in [0, 0.05) is 25.1 Å². The molecule has 0 N–H and O–H groups in total. The van der Waals surface area contributed by atoms with Crippen molar-refractivity contribution in [2.24, 2.45) is 7.05 Å². The molecule has 1 aromatic carbocycles. The van der Waals surface area contributed by atoms with Gasteiger partial charge in [-0.05, 0) is 30.5 Å². The van der Waals surface area contributed by atoms with Crippen molar-refractivity contribution < 1.29 is 4.79 Å². The number of carbonyl (C=O) groups excluding carboxylic acids is 1. The summed E-state index contributed by atoms with van der Waals surface area (Å²) in [7, 11) is 1.54. The van der Waals surface area contributed by atoms with E-state index in [-0.39, 0.29) is 22.6 Å². The molecule has 124 valence electrons. The quantitative estimate of drug-likeness (QED) is 0.800. The Bertz CT molecular complexity index is 884. The second-order valence-electron chi connectivity index (χ2n) is 6.70. The van der Waals surface area contributed by atoms with Gasteiger partial charge in [0.15, 0.2) is 0 Å². The van der Waals surface area contributed by atoms with Gasteiger partial charge in [0.2, 0.25) is 0 Å². The molecule has 2 aromatic rings. The van der Waals surface area contributed by atoms with E-state index in [1.807, 2.05) is 12.1 Å². The molecule has 1 saturated carbocycles. The fourth-order valence-electron chi connectivity index (χ4n) is 4.09. The van der Waals surface area contributed by atoms with Gasteiger partial charge < -0.3 is 4.90 Å². The van der Waals surface area contributed by atoms with Crippen molar-refractivity contribution in [1.29, 1.82) is 0 Å². The second-order valence-corrected chi connectivity index (χ2v) is 7.10. The number of hydrogen-bond acceptors (Lipinski definition) is 3. The molecule has 1 aromatic heterocycles. The minimum atomic E-state index is -0.237. The Balaban J connectivity index is 1.81. The van der Waals surface area contributed by atoms with Gasteiger partial charge in [0.05, 0.1) is 10.7 Å². The highest BCUT2D eigenvalue weighted by molar-refractivity contribution is 6.34. The number of aromatic nitrogens is 2. The minimum Gasteiger partial charge on any atom is -0.304 e. The summed E-state index contributed by atoms with van der Waals surface area (Å²) in [6, 6.07) is 8.73. The molecule has 0 atom stereocenters. The highest BCUT2D eigenvalue weighted by atomic mass is 35.5. The fraction of sp³-hybridized carbons (Fsp3) is 0.389. The first-order chi connectivity index (χ1) is 11.5. The Kier molecular flexibility index (Phi) is 3.49. The molecular formula is C18H18ClN3O2. The van der Waals surface area contributed by atoms with Crippen molar-refractivity contribution in [2.45, 2.75) is 31.1 Å². The minimum absolute atomic E-state index is 0.0105. The summed E-state index contributed by atoms with van der Waals surface area (Å²) in [6.07, 6.45) is 4.49. The molecule has 2 aliphatic rings. The summed E-state index contributed by atoms with van der Waals surface area (Å²) in [5.74, 6) is -0.205. The third kappa shape index (κ3) is 2.18. The van der Waals surface area contributed by atoms with E-state index >= 15 is 0 Å². The Morgan fingerprint density at radius 2 is 1.96 bits per heavy atom. The summed E-state index contributed by atoms with van der Waals surface area (Å²) in [5, 5.41) is 4.70. The van der Waals surface area contributed by atoms with E-state index in [4.69, 9.17) is 11.6 Å². The summed E-state index contributed by atoms with van der Waals surface area (Å²) in [5.41, 5.74) is 2.01. The highest BCUT2D eigenvalue weighted by Gasteiger charge is 2.47. The van der Waals surface area contributed by atoms with E-state index < -0.39 is 0 Å². The van der Waals surface area contributed by atoms with Gasteiger partial charge in [-0.3, -0.25) is 9.59 Å². The number of amides is 1. The third-order valence-corrected chi connectivity index (χ3v) is 5.58. The number of halogens is 1. The number of carbonyl (C=O) groups is 1. The summed E-state index contributed by atoms with van der Waals surface area (Å²) < 4.78 is 1.18. The van der Waals surface area contributed by atoms with E-state index in [0.29, 0.717) is 11.6 Å². The van der Waals surface area contributed by atoms with Crippen molar-refractivity contribution >= 4 is 23.2 Å². The van der Waals surface area contributed by atoms with Crippen molar-refractivity contribution in [3.05, 3.63) is 57.0 Å². The zero-order valence-corrected chi connectivity index (χ0v) is 14.2. The van der Waals surface area contributed by atoms with Crippen LogP contribution in [0.1, 0.15) is 41.7 Å². The van der Waals surface area contributed by atoms with E-state index in [1.165, 1.54) is 35.2 Å². The lowest BCUT2D eigenvalue weighted by atomic mass is 9.81. The van der Waals surface area contributed by atoms with Crippen molar-refractivity contribution in [1.82, 2.24) is 9.78 Å². The number of rotatable bonds is 1. The Morgan fingerprint density at radius 3 is 2.67 bits per heavy atom. The van der Waals surface area contributed by atoms with Crippen LogP contribution in [0.2, 0.25) is 5.02 Å². The molecule has 6 heteroatoms. The number of aryl methyl sites for hydroxylation is 1. The van der Waals surface area contributed by atoms with Gasteiger partial charge in [0.25, 0.3) is 11.5 Å². The number of fused-ring (bicyclic) bond motifs is 2. The largest absolute Gasteiger partial charge is 0.304 e. The van der Waals surface area contributed by atoms with E-state index in [2.05, 4.69) is 11.2 Å². The molecular weight excluding hydrogens is 326 g/mol. The van der Waals surface area contributed by atoms with E-state index in [1.54, 1.807) is 11.9 Å². The highest BCUT2D eigenvalue weighted by Crippen LogP contribution is 2.52. The van der Waals surface area contributed by atoms with Crippen LogP contribution in [0.5, 0.6) is 0 Å². The molecule has 4 rings (SSSR count). The maximum absolute atomic E-state index is 13.1. The maximum atomic E-state index is 13.1. The number of hydrogen-bond donors (Lipinski definition) is 0. The lowest BCUT2D eigenvalue weighted by molar-refractivity contribution is 0.0978. The van der Waals surface area contributed by atoms with Gasteiger partial charge in [-0.1, -0.05) is 36.6 Å². The molecule has 2 heterocycles. The molecule has 5 nitrogen and oxygen atoms in total. The van der Waals surface area contributed by atoms with Gasteiger partial charge in [-0.25, -0.2) is 4.68 Å². The van der Waals surface area contributed by atoms with Gasteiger partial charge in [-0.2, -0.15) is 5.10 Å². The average Bonchev–Trinajstić information content (AvgIpc) is 3.17. The summed E-state index contributed by atoms with van der Waals surface area (Å²) in [4.78, 5) is 26.3. The van der Waals surface area contributed by atoms with Crippen LogP contribution < -0.4 is 10.5 Å². The number of anilines is 1. The number of para-hydroxylation sites is 1. The topological polar surface area (TPSA) is 55.2 Å². The predicted molar refractivity (Wildman–Crippen MR) is 92.8 cm³/mol. The van der Waals surface area contributed by atoms with Crippen LogP contribution in [-0.2, 0) is 12.5 Å². The lowest BCUT2D eigenvalue weighted by Gasteiger charge is -2.24. The molecule has 0 bridgehead atoms. The van der Waals surface area contributed by atoms with Crippen molar-refractivity contribution in [3.63, 3.8) is 0 Å². The lowest BCUT2D eigenvalue weighted by Crippen LogP contribution is -2.37. The molecule has 0 radical (unpaired) electrons. The van der Waals surface area contributed by atoms with E-state index in [9.17, 15) is 9.59 Å². The second kappa shape index (κ2) is 5.45. The molecule has 1 aliphatic heterocycles. The van der Waals surface area contributed by atoms with Crippen LogP contribution in [0.4, 0.5) is 5.69 Å². The number of nitrogens with zero attached hydrogens (tertiary/aromatic N) is 3. The SMILES string of the molecule is Cn1nc(C(=O)N2CC3(CCCC3)c3cccc(Cl)c32)ccc1=O. The smallest absolute Gasteiger partial charge is 0.278 e. The first kappa shape index (κ1) is 15.4. The van der Waals surface area contributed by atoms with Crippen LogP contribution >= 0.6 is 11.6 Å². The molecule has 0 unspecified atom stereocenters. The molecule has 1 amide bonds. The van der Waals surface area contributed by atoms with Gasteiger partial charge in [0.1, 0.15) is 5.69 Å². The molecule has 1 fully saturated rings.